The Labute approximate surface area is 207 Å². The molecule has 0 saturated carbocycles. The van der Waals surface area contributed by atoms with Gasteiger partial charge in [0.1, 0.15) is 5.75 Å². The Hall–Kier alpha value is -2.91. The van der Waals surface area contributed by atoms with Gasteiger partial charge in [-0.2, -0.15) is 4.31 Å². The minimum absolute atomic E-state index is 0.119. The number of nitrogens with zero attached hydrogens (tertiary/aromatic N) is 1. The maximum absolute atomic E-state index is 13.6. The van der Waals surface area contributed by atoms with Gasteiger partial charge >= 0.3 is 0 Å². The fourth-order valence-electron chi connectivity index (χ4n) is 4.64. The molecule has 0 spiro atoms. The quantitative estimate of drug-likeness (QED) is 0.607. The molecule has 1 fully saturated rings. The van der Waals surface area contributed by atoms with Crippen LogP contribution in [0.25, 0.3) is 0 Å². The normalized spacial score (nSPS) is 21.4. The molecule has 35 heavy (non-hydrogen) atoms. The van der Waals surface area contributed by atoms with Crippen molar-refractivity contribution < 1.29 is 22.7 Å². The van der Waals surface area contributed by atoms with Crippen LogP contribution in [0.15, 0.2) is 47.4 Å². The molecule has 2 aliphatic rings. The second kappa shape index (κ2) is 10.4. The van der Waals surface area contributed by atoms with E-state index in [4.69, 9.17) is 4.74 Å². The lowest BCUT2D eigenvalue weighted by molar-refractivity contribution is -0.126. The zero-order valence-corrected chi connectivity index (χ0v) is 21.2. The standard InChI is InChI=1S/C26H33N3O5S/c1-4-22-26(31)28-21-13-17(2)24(14-23(21)34-22)35(32,33)29-12-8-11-20(16-29)25(30)27-15-18(3)19-9-6-5-7-10-19/h5-7,9-10,13-14,18,20,22H,4,8,11-12,15-16H2,1-3H3,(H,27,30)(H,28,31)/t18-,20+,22+/m1/s1. The maximum atomic E-state index is 13.6. The minimum atomic E-state index is -3.84. The predicted octanol–water partition coefficient (Wildman–Crippen LogP) is 3.43. The summed E-state index contributed by atoms with van der Waals surface area (Å²) in [5.41, 5.74) is 2.14. The molecule has 0 aromatic heterocycles. The number of benzene rings is 2. The van der Waals surface area contributed by atoms with E-state index in [0.717, 1.165) is 5.56 Å². The zero-order chi connectivity index (χ0) is 25.2. The molecule has 2 aliphatic heterocycles. The topological polar surface area (TPSA) is 105 Å². The number of aryl methyl sites for hydroxylation is 1. The summed E-state index contributed by atoms with van der Waals surface area (Å²) in [4.78, 5) is 25.2. The number of fused-ring (bicyclic) bond motifs is 1. The lowest BCUT2D eigenvalue weighted by atomic mass is 9.97. The van der Waals surface area contributed by atoms with Crippen LogP contribution in [0.3, 0.4) is 0 Å². The summed E-state index contributed by atoms with van der Waals surface area (Å²) in [6.45, 7) is 6.58. The molecule has 3 atom stereocenters. The van der Waals surface area contributed by atoms with Crippen molar-refractivity contribution in [1.82, 2.24) is 9.62 Å². The van der Waals surface area contributed by atoms with Crippen LogP contribution in [0.5, 0.6) is 5.75 Å². The summed E-state index contributed by atoms with van der Waals surface area (Å²) in [7, 11) is -3.84. The van der Waals surface area contributed by atoms with Crippen LogP contribution >= 0.6 is 0 Å². The van der Waals surface area contributed by atoms with E-state index < -0.39 is 22.0 Å². The molecular weight excluding hydrogens is 466 g/mol. The Bertz CT molecular complexity index is 1200. The van der Waals surface area contributed by atoms with Crippen LogP contribution in [-0.2, 0) is 19.6 Å². The van der Waals surface area contributed by atoms with E-state index in [-0.39, 0.29) is 29.2 Å². The number of carbonyl (C=O) groups excluding carboxylic acids is 2. The number of hydrogen-bond acceptors (Lipinski definition) is 5. The number of anilines is 1. The minimum Gasteiger partial charge on any atom is -0.478 e. The van der Waals surface area contributed by atoms with Gasteiger partial charge in [-0.15, -0.1) is 0 Å². The van der Waals surface area contributed by atoms with E-state index >= 15 is 0 Å². The number of amides is 2. The Kier molecular flexibility index (Phi) is 7.47. The molecular formula is C26H33N3O5S. The SMILES string of the molecule is CC[C@@H]1Oc2cc(S(=O)(=O)N3CCC[C@H](C(=O)NC[C@@H](C)c4ccccc4)C3)c(C)cc2NC1=O. The lowest BCUT2D eigenvalue weighted by Crippen LogP contribution is -2.46. The molecule has 4 rings (SSSR count). The van der Waals surface area contributed by atoms with E-state index in [0.29, 0.717) is 49.4 Å². The molecule has 1 saturated heterocycles. The van der Waals surface area contributed by atoms with E-state index in [2.05, 4.69) is 17.6 Å². The highest BCUT2D eigenvalue weighted by molar-refractivity contribution is 7.89. The van der Waals surface area contributed by atoms with Gasteiger partial charge in [-0.05, 0) is 49.3 Å². The second-order valence-corrected chi connectivity index (χ2v) is 11.3. The predicted molar refractivity (Wildman–Crippen MR) is 134 cm³/mol. The van der Waals surface area contributed by atoms with Gasteiger partial charge in [0.15, 0.2) is 6.10 Å². The molecule has 0 aliphatic carbocycles. The van der Waals surface area contributed by atoms with Gasteiger partial charge in [0.05, 0.1) is 16.5 Å². The number of rotatable bonds is 7. The first-order valence-electron chi connectivity index (χ1n) is 12.2. The van der Waals surface area contributed by atoms with Crippen molar-refractivity contribution in [1.29, 1.82) is 0 Å². The van der Waals surface area contributed by atoms with Crippen LogP contribution < -0.4 is 15.4 Å². The Morgan fingerprint density at radius 3 is 2.71 bits per heavy atom. The van der Waals surface area contributed by atoms with Crippen LogP contribution in [0.4, 0.5) is 5.69 Å². The number of sulfonamides is 1. The highest BCUT2D eigenvalue weighted by Crippen LogP contribution is 2.36. The zero-order valence-electron chi connectivity index (χ0n) is 20.4. The van der Waals surface area contributed by atoms with Crippen molar-refractivity contribution >= 4 is 27.5 Å². The average Bonchev–Trinajstić information content (AvgIpc) is 2.86. The van der Waals surface area contributed by atoms with E-state index in [1.54, 1.807) is 13.0 Å². The average molecular weight is 500 g/mol. The first-order chi connectivity index (χ1) is 16.7. The van der Waals surface area contributed by atoms with E-state index in [1.165, 1.54) is 10.4 Å². The molecule has 0 bridgehead atoms. The van der Waals surface area contributed by atoms with Gasteiger partial charge in [0.25, 0.3) is 5.91 Å². The van der Waals surface area contributed by atoms with Gasteiger partial charge in [-0.3, -0.25) is 9.59 Å². The van der Waals surface area contributed by atoms with Crippen molar-refractivity contribution in [3.05, 3.63) is 53.6 Å². The van der Waals surface area contributed by atoms with Crippen molar-refractivity contribution in [2.24, 2.45) is 5.92 Å². The van der Waals surface area contributed by atoms with Gasteiger partial charge in [-0.1, -0.05) is 44.2 Å². The molecule has 2 heterocycles. The van der Waals surface area contributed by atoms with Crippen molar-refractivity contribution in [3.8, 4) is 5.75 Å². The molecule has 2 amide bonds. The summed E-state index contributed by atoms with van der Waals surface area (Å²) in [5.74, 6) is -0.247. The van der Waals surface area contributed by atoms with Crippen LogP contribution in [0, 0.1) is 12.8 Å². The Morgan fingerprint density at radius 1 is 1.26 bits per heavy atom. The van der Waals surface area contributed by atoms with Gasteiger partial charge in [-0.25, -0.2) is 8.42 Å². The first kappa shape index (κ1) is 25.2. The third kappa shape index (κ3) is 5.36. The molecule has 8 nitrogen and oxygen atoms in total. The monoisotopic (exact) mass is 499 g/mol. The smallest absolute Gasteiger partial charge is 0.265 e. The molecule has 2 aromatic rings. The third-order valence-electron chi connectivity index (χ3n) is 6.79. The Balaban J connectivity index is 1.46. The summed E-state index contributed by atoms with van der Waals surface area (Å²) in [6.07, 6.45) is 1.09. The van der Waals surface area contributed by atoms with Crippen LogP contribution in [-0.4, -0.2) is 50.3 Å². The number of carbonyl (C=O) groups is 2. The van der Waals surface area contributed by atoms with Crippen molar-refractivity contribution in [2.45, 2.75) is 57.0 Å². The fourth-order valence-corrected chi connectivity index (χ4v) is 6.39. The van der Waals surface area contributed by atoms with Crippen molar-refractivity contribution in [3.63, 3.8) is 0 Å². The largest absolute Gasteiger partial charge is 0.478 e. The van der Waals surface area contributed by atoms with Gasteiger partial charge in [0, 0.05) is 25.7 Å². The van der Waals surface area contributed by atoms with Gasteiger partial charge in [0.2, 0.25) is 15.9 Å². The molecule has 188 valence electrons. The summed E-state index contributed by atoms with van der Waals surface area (Å²) in [5, 5.41) is 5.80. The van der Waals surface area contributed by atoms with Crippen molar-refractivity contribution in [2.75, 3.05) is 25.0 Å². The highest BCUT2D eigenvalue weighted by atomic mass is 32.2. The number of ether oxygens (including phenoxy) is 1. The maximum Gasteiger partial charge on any atom is 0.265 e. The number of nitrogens with one attached hydrogen (secondary N) is 2. The number of hydrogen-bond donors (Lipinski definition) is 2. The third-order valence-corrected chi connectivity index (χ3v) is 8.80. The molecule has 0 radical (unpaired) electrons. The summed E-state index contributed by atoms with van der Waals surface area (Å²) >= 11 is 0. The molecule has 2 N–H and O–H groups in total. The fraction of sp³-hybridized carbons (Fsp3) is 0.462. The molecule has 2 aromatic carbocycles. The van der Waals surface area contributed by atoms with Crippen LogP contribution in [0.1, 0.15) is 50.2 Å². The first-order valence-corrected chi connectivity index (χ1v) is 13.6. The second-order valence-electron chi connectivity index (χ2n) is 9.38. The van der Waals surface area contributed by atoms with Gasteiger partial charge < -0.3 is 15.4 Å². The Morgan fingerprint density at radius 2 is 2.00 bits per heavy atom. The number of piperidine rings is 1. The summed E-state index contributed by atoms with van der Waals surface area (Å²) < 4.78 is 34.3. The highest BCUT2D eigenvalue weighted by Gasteiger charge is 2.36. The van der Waals surface area contributed by atoms with Crippen LogP contribution in [0.2, 0.25) is 0 Å². The molecule has 0 unspecified atom stereocenters. The summed E-state index contributed by atoms with van der Waals surface area (Å²) in [6, 6.07) is 13.1. The van der Waals surface area contributed by atoms with E-state index in [1.807, 2.05) is 37.3 Å². The van der Waals surface area contributed by atoms with E-state index in [9.17, 15) is 18.0 Å². The lowest BCUT2D eigenvalue weighted by Gasteiger charge is -2.32. The molecule has 9 heteroatoms.